The number of aromatic nitrogens is 2. The largest absolute Gasteiger partial charge is 0.508 e. The van der Waals surface area contributed by atoms with Gasteiger partial charge in [-0.25, -0.2) is 14.8 Å². The number of phenolic OH excluding ortho intramolecular Hbond substituents is 1. The zero-order chi connectivity index (χ0) is 15.5. The second-order valence-corrected chi connectivity index (χ2v) is 4.71. The first-order valence-electron chi connectivity index (χ1n) is 6.64. The van der Waals surface area contributed by atoms with Gasteiger partial charge >= 0.3 is 5.97 Å². The third-order valence-corrected chi connectivity index (χ3v) is 3.32. The number of phenols is 1. The summed E-state index contributed by atoms with van der Waals surface area (Å²) in [6, 6.07) is 11.0. The normalized spacial score (nSPS) is 12.0. The van der Waals surface area contributed by atoms with E-state index in [9.17, 15) is 15.0 Å². The first kappa shape index (κ1) is 13.8. The number of anilines is 1. The molecule has 2 aromatic carbocycles. The van der Waals surface area contributed by atoms with Gasteiger partial charge in [-0.15, -0.1) is 0 Å². The van der Waals surface area contributed by atoms with Crippen molar-refractivity contribution in [2.75, 3.05) is 5.32 Å². The molecule has 3 rings (SSSR count). The van der Waals surface area contributed by atoms with Crippen molar-refractivity contribution in [2.24, 2.45) is 0 Å². The van der Waals surface area contributed by atoms with Crippen molar-refractivity contribution >= 4 is 22.7 Å². The van der Waals surface area contributed by atoms with Crippen LogP contribution in [0, 0.1) is 0 Å². The molecule has 6 heteroatoms. The van der Waals surface area contributed by atoms with E-state index < -0.39 is 12.0 Å². The Bertz CT molecular complexity index is 821. The highest BCUT2D eigenvalue weighted by Gasteiger charge is 2.25. The smallest absolute Gasteiger partial charge is 0.331 e. The lowest BCUT2D eigenvalue weighted by Crippen LogP contribution is -2.22. The van der Waals surface area contributed by atoms with Crippen LogP contribution in [0.5, 0.6) is 5.75 Å². The number of hydrogen-bond acceptors (Lipinski definition) is 5. The van der Waals surface area contributed by atoms with Crippen molar-refractivity contribution in [1.82, 2.24) is 9.97 Å². The lowest BCUT2D eigenvalue weighted by Gasteiger charge is -2.18. The summed E-state index contributed by atoms with van der Waals surface area (Å²) in [5.74, 6) is -1.03. The molecule has 22 heavy (non-hydrogen) atoms. The van der Waals surface area contributed by atoms with Crippen LogP contribution in [0.25, 0.3) is 10.8 Å². The van der Waals surface area contributed by atoms with Crippen molar-refractivity contribution < 1.29 is 15.0 Å². The van der Waals surface area contributed by atoms with Crippen LogP contribution in [0.1, 0.15) is 11.6 Å². The minimum absolute atomic E-state index is 0.0884. The summed E-state index contributed by atoms with van der Waals surface area (Å²) < 4.78 is 0. The van der Waals surface area contributed by atoms with Gasteiger partial charge in [0, 0.05) is 18.0 Å². The number of aromatic hydroxyl groups is 1. The molecule has 1 aromatic heterocycles. The van der Waals surface area contributed by atoms with Crippen molar-refractivity contribution in [3.05, 3.63) is 60.4 Å². The van der Waals surface area contributed by atoms with Crippen LogP contribution in [0.4, 0.5) is 5.95 Å². The molecular weight excluding hydrogens is 282 g/mol. The van der Waals surface area contributed by atoms with Gasteiger partial charge in [-0.1, -0.05) is 30.3 Å². The Morgan fingerprint density at radius 2 is 1.77 bits per heavy atom. The number of carboxylic acids is 1. The van der Waals surface area contributed by atoms with E-state index in [2.05, 4.69) is 15.3 Å². The summed E-state index contributed by atoms with van der Waals surface area (Å²) in [5.41, 5.74) is 0.290. The molecule has 1 unspecified atom stereocenters. The molecule has 0 saturated heterocycles. The number of fused-ring (bicyclic) bond motifs is 1. The molecule has 0 amide bonds. The topological polar surface area (TPSA) is 95.3 Å². The summed E-state index contributed by atoms with van der Waals surface area (Å²) in [4.78, 5) is 19.6. The average Bonchev–Trinajstić information content (AvgIpc) is 2.54. The zero-order valence-corrected chi connectivity index (χ0v) is 11.5. The van der Waals surface area contributed by atoms with Crippen molar-refractivity contribution in [3.8, 4) is 5.75 Å². The van der Waals surface area contributed by atoms with E-state index in [1.807, 2.05) is 12.1 Å². The van der Waals surface area contributed by atoms with E-state index in [0.29, 0.717) is 5.39 Å². The van der Waals surface area contributed by atoms with Gasteiger partial charge < -0.3 is 15.5 Å². The van der Waals surface area contributed by atoms with Gasteiger partial charge in [0.15, 0.2) is 6.04 Å². The number of carbonyl (C=O) groups is 1. The van der Waals surface area contributed by atoms with Gasteiger partial charge in [0.25, 0.3) is 0 Å². The molecule has 3 N–H and O–H groups in total. The van der Waals surface area contributed by atoms with Crippen LogP contribution < -0.4 is 5.32 Å². The molecule has 6 nitrogen and oxygen atoms in total. The molecule has 0 aliphatic carbocycles. The van der Waals surface area contributed by atoms with Crippen molar-refractivity contribution in [3.63, 3.8) is 0 Å². The van der Waals surface area contributed by atoms with Crippen LogP contribution >= 0.6 is 0 Å². The second-order valence-electron chi connectivity index (χ2n) is 4.71. The fourth-order valence-electron chi connectivity index (χ4n) is 2.35. The maximum atomic E-state index is 11.7. The minimum atomic E-state index is -1.16. The predicted molar refractivity (Wildman–Crippen MR) is 81.6 cm³/mol. The monoisotopic (exact) mass is 295 g/mol. The first-order valence-corrected chi connectivity index (χ1v) is 6.64. The van der Waals surface area contributed by atoms with E-state index in [4.69, 9.17) is 0 Å². The van der Waals surface area contributed by atoms with E-state index in [1.54, 1.807) is 24.3 Å². The summed E-state index contributed by atoms with van der Waals surface area (Å²) in [5, 5.41) is 24.0. The molecule has 0 saturated carbocycles. The number of carboxylic acid groups (broad SMARTS) is 1. The maximum absolute atomic E-state index is 11.7. The van der Waals surface area contributed by atoms with Crippen LogP contribution in [0.15, 0.2) is 54.9 Å². The second kappa shape index (κ2) is 5.69. The Morgan fingerprint density at radius 3 is 2.50 bits per heavy atom. The van der Waals surface area contributed by atoms with Crippen molar-refractivity contribution in [2.45, 2.75) is 6.04 Å². The third kappa shape index (κ3) is 2.54. The molecule has 0 fully saturated rings. The Labute approximate surface area is 126 Å². The number of aliphatic carboxylic acids is 1. The van der Waals surface area contributed by atoms with Crippen LogP contribution in [-0.2, 0) is 4.79 Å². The SMILES string of the molecule is O=C(O)C(Nc1ncccn1)c1c(O)ccc2ccccc12. The van der Waals surface area contributed by atoms with Crippen molar-refractivity contribution in [1.29, 1.82) is 0 Å². The molecule has 0 bridgehead atoms. The Hall–Kier alpha value is -3.15. The maximum Gasteiger partial charge on any atom is 0.331 e. The van der Waals surface area contributed by atoms with Crippen LogP contribution in [0.2, 0.25) is 0 Å². The number of nitrogens with one attached hydrogen (secondary N) is 1. The number of rotatable bonds is 4. The highest BCUT2D eigenvalue weighted by Crippen LogP contribution is 2.33. The number of hydrogen-bond donors (Lipinski definition) is 3. The lowest BCUT2D eigenvalue weighted by atomic mass is 9.97. The Balaban J connectivity index is 2.13. The van der Waals surface area contributed by atoms with E-state index in [1.165, 1.54) is 18.5 Å². The van der Waals surface area contributed by atoms with Crippen LogP contribution in [0.3, 0.4) is 0 Å². The zero-order valence-electron chi connectivity index (χ0n) is 11.5. The third-order valence-electron chi connectivity index (χ3n) is 3.32. The first-order chi connectivity index (χ1) is 10.7. The molecule has 0 aliphatic heterocycles. The number of nitrogens with zero attached hydrogens (tertiary/aromatic N) is 2. The molecule has 1 heterocycles. The van der Waals surface area contributed by atoms with Gasteiger partial charge in [-0.3, -0.25) is 0 Å². The quantitative estimate of drug-likeness (QED) is 0.684. The highest BCUT2D eigenvalue weighted by atomic mass is 16.4. The molecule has 0 spiro atoms. The van der Waals surface area contributed by atoms with E-state index >= 15 is 0 Å². The number of benzene rings is 2. The van der Waals surface area contributed by atoms with E-state index in [-0.39, 0.29) is 17.3 Å². The van der Waals surface area contributed by atoms with Gasteiger partial charge in [-0.2, -0.15) is 0 Å². The summed E-state index contributed by atoms with van der Waals surface area (Å²) in [6.07, 6.45) is 3.02. The van der Waals surface area contributed by atoms with E-state index in [0.717, 1.165) is 5.39 Å². The summed E-state index contributed by atoms with van der Waals surface area (Å²) in [6.45, 7) is 0. The van der Waals surface area contributed by atoms with Gasteiger partial charge in [0.2, 0.25) is 5.95 Å². The molecule has 1 atom stereocenters. The molecular formula is C16H13N3O3. The van der Waals surface area contributed by atoms with Gasteiger partial charge in [0.05, 0.1) is 0 Å². The Kier molecular flexibility index (Phi) is 3.57. The van der Waals surface area contributed by atoms with Gasteiger partial charge in [0.1, 0.15) is 5.75 Å². The minimum Gasteiger partial charge on any atom is -0.508 e. The molecule has 0 aliphatic rings. The lowest BCUT2D eigenvalue weighted by molar-refractivity contribution is -0.138. The van der Waals surface area contributed by atoms with Crippen LogP contribution in [-0.4, -0.2) is 26.2 Å². The molecule has 3 aromatic rings. The highest BCUT2D eigenvalue weighted by molar-refractivity contribution is 5.93. The van der Waals surface area contributed by atoms with Gasteiger partial charge in [-0.05, 0) is 22.9 Å². The standard InChI is InChI=1S/C16H13N3O3/c20-12-7-6-10-4-1-2-5-11(10)13(12)14(15(21)22)19-16-17-8-3-9-18-16/h1-9,14,20H,(H,21,22)(H,17,18,19). The molecule has 0 radical (unpaired) electrons. The fourth-order valence-corrected chi connectivity index (χ4v) is 2.35. The molecule has 110 valence electrons. The predicted octanol–water partition coefficient (Wildman–Crippen LogP) is 2.57. The average molecular weight is 295 g/mol. The summed E-state index contributed by atoms with van der Waals surface area (Å²) >= 11 is 0. The fraction of sp³-hybridized carbons (Fsp3) is 0.0625. The Morgan fingerprint density at radius 1 is 1.05 bits per heavy atom. The summed E-state index contributed by atoms with van der Waals surface area (Å²) in [7, 11) is 0.